The molecule has 10 heteroatoms. The number of ether oxygens (including phenoxy) is 2. The normalized spacial score (nSPS) is 12.5. The number of fused-ring (bicyclic) bond motifs is 1. The number of carbonyl (C=O) groups excluding carboxylic acids is 2. The van der Waals surface area contributed by atoms with Gasteiger partial charge in [0.1, 0.15) is 22.9 Å². The lowest BCUT2D eigenvalue weighted by molar-refractivity contribution is 0.0691. The highest BCUT2D eigenvalue weighted by Crippen LogP contribution is 2.36. The molecule has 9 nitrogen and oxygen atoms in total. The first-order valence-electron chi connectivity index (χ1n) is 12.4. The minimum atomic E-state index is -1.17. The minimum absolute atomic E-state index is 0. The second kappa shape index (κ2) is 12.4. The summed E-state index contributed by atoms with van der Waals surface area (Å²) in [6.45, 7) is 10.5. The van der Waals surface area contributed by atoms with Crippen molar-refractivity contribution < 1.29 is 29.0 Å². The quantitative estimate of drug-likeness (QED) is 0.338. The van der Waals surface area contributed by atoms with Crippen LogP contribution in [0.1, 0.15) is 88.8 Å². The number of nitrogens with one attached hydrogen (secondary N) is 2. The van der Waals surface area contributed by atoms with Crippen LogP contribution in [0.25, 0.3) is 0 Å². The zero-order valence-electron chi connectivity index (χ0n) is 22.7. The van der Waals surface area contributed by atoms with Crippen molar-refractivity contribution in [2.45, 2.75) is 53.0 Å². The van der Waals surface area contributed by atoms with Gasteiger partial charge in [-0.3, -0.25) is 15.0 Å². The molecular formula is C28H36BrN3O6. The van der Waals surface area contributed by atoms with Gasteiger partial charge < -0.3 is 24.8 Å². The molecule has 1 aliphatic heterocycles. The van der Waals surface area contributed by atoms with Gasteiger partial charge in [-0.1, -0.05) is 27.7 Å². The summed E-state index contributed by atoms with van der Waals surface area (Å²) in [6.07, 6.45) is 0.716. The molecule has 0 fully saturated rings. The number of carboxylic acid groups (broad SMARTS) is 1. The monoisotopic (exact) mass is 589 g/mol. The zero-order valence-corrected chi connectivity index (χ0v) is 24.4. The molecule has 206 valence electrons. The number of nitrogens with zero attached hydrogens (tertiary/aromatic N) is 1. The Morgan fingerprint density at radius 3 is 2.32 bits per heavy atom. The van der Waals surface area contributed by atoms with Crippen molar-refractivity contribution in [2.75, 3.05) is 26.8 Å². The number of rotatable bonds is 10. The van der Waals surface area contributed by atoms with Gasteiger partial charge in [-0.05, 0) is 48.6 Å². The highest BCUT2D eigenvalue weighted by atomic mass is 79.9. The first-order valence-corrected chi connectivity index (χ1v) is 12.4. The average Bonchev–Trinajstić information content (AvgIpc) is 3.14. The maximum absolute atomic E-state index is 13.4. The Bertz CT molecular complexity index is 1250. The SMILES string of the molecule is Br.CCCOc1c(C(=O)O)cc(C(=O)CN2Cc3cc(OCC)c(C(=O)NC)cc3C2=N)cc1C(C)(C)C. The summed E-state index contributed by atoms with van der Waals surface area (Å²) in [5.41, 5.74) is 2.02. The van der Waals surface area contributed by atoms with Crippen molar-refractivity contribution >= 4 is 40.5 Å². The van der Waals surface area contributed by atoms with E-state index in [1.807, 2.05) is 34.6 Å². The summed E-state index contributed by atoms with van der Waals surface area (Å²) in [6, 6.07) is 6.41. The Morgan fingerprint density at radius 2 is 1.76 bits per heavy atom. The van der Waals surface area contributed by atoms with Gasteiger partial charge in [0, 0.05) is 30.3 Å². The molecule has 3 N–H and O–H groups in total. The Balaban J connectivity index is 0.00000507. The number of amidine groups is 1. The number of hydrogen-bond donors (Lipinski definition) is 3. The van der Waals surface area contributed by atoms with Crippen LogP contribution in [-0.4, -0.2) is 60.3 Å². The van der Waals surface area contributed by atoms with E-state index < -0.39 is 11.4 Å². The fourth-order valence-corrected chi connectivity index (χ4v) is 4.28. The van der Waals surface area contributed by atoms with Crippen molar-refractivity contribution in [1.82, 2.24) is 10.2 Å². The van der Waals surface area contributed by atoms with Crippen molar-refractivity contribution in [3.8, 4) is 11.5 Å². The molecular weight excluding hydrogens is 554 g/mol. The third-order valence-corrected chi connectivity index (χ3v) is 6.14. The van der Waals surface area contributed by atoms with Gasteiger partial charge in [0.2, 0.25) is 0 Å². The predicted octanol–water partition coefficient (Wildman–Crippen LogP) is 4.83. The van der Waals surface area contributed by atoms with Crippen molar-refractivity contribution in [3.05, 3.63) is 57.6 Å². The van der Waals surface area contributed by atoms with Crippen LogP contribution in [0.3, 0.4) is 0 Å². The lowest BCUT2D eigenvalue weighted by Gasteiger charge is -2.25. The summed E-state index contributed by atoms with van der Waals surface area (Å²) in [4.78, 5) is 39.5. The summed E-state index contributed by atoms with van der Waals surface area (Å²) < 4.78 is 11.5. The van der Waals surface area contributed by atoms with Crippen LogP contribution in [0.2, 0.25) is 0 Å². The smallest absolute Gasteiger partial charge is 0.339 e. The molecule has 0 saturated carbocycles. The number of benzene rings is 2. The first-order chi connectivity index (χ1) is 17.4. The lowest BCUT2D eigenvalue weighted by atomic mass is 9.83. The number of carboxylic acids is 1. The number of halogens is 1. The molecule has 0 radical (unpaired) electrons. The topological polar surface area (TPSA) is 129 Å². The number of ketones is 1. The van der Waals surface area contributed by atoms with Crippen molar-refractivity contribution in [3.63, 3.8) is 0 Å². The van der Waals surface area contributed by atoms with E-state index in [9.17, 15) is 19.5 Å². The van der Waals surface area contributed by atoms with Gasteiger partial charge >= 0.3 is 5.97 Å². The van der Waals surface area contributed by atoms with Gasteiger partial charge in [0.15, 0.2) is 5.78 Å². The van der Waals surface area contributed by atoms with Crippen LogP contribution >= 0.6 is 17.0 Å². The van der Waals surface area contributed by atoms with Crippen molar-refractivity contribution in [2.24, 2.45) is 0 Å². The van der Waals surface area contributed by atoms with Gasteiger partial charge in [-0.25, -0.2) is 4.79 Å². The van der Waals surface area contributed by atoms with Crippen LogP contribution in [0, 0.1) is 5.41 Å². The molecule has 38 heavy (non-hydrogen) atoms. The molecule has 0 saturated heterocycles. The fourth-order valence-electron chi connectivity index (χ4n) is 4.28. The number of aromatic carboxylic acids is 1. The average molecular weight is 591 g/mol. The first kappa shape index (κ1) is 30.8. The largest absolute Gasteiger partial charge is 0.493 e. The fraction of sp³-hybridized carbons (Fsp3) is 0.429. The zero-order chi connectivity index (χ0) is 27.5. The third-order valence-electron chi connectivity index (χ3n) is 6.14. The van der Waals surface area contributed by atoms with Crippen LogP contribution in [0.5, 0.6) is 11.5 Å². The summed E-state index contributed by atoms with van der Waals surface area (Å²) in [5, 5.41) is 21.1. The molecule has 0 aromatic heterocycles. The van der Waals surface area contributed by atoms with Gasteiger partial charge in [0.05, 0.1) is 25.3 Å². The molecule has 3 rings (SSSR count). The number of carbonyl (C=O) groups is 3. The van der Waals surface area contributed by atoms with E-state index in [-0.39, 0.29) is 57.9 Å². The van der Waals surface area contributed by atoms with E-state index in [0.29, 0.717) is 48.6 Å². The standard InChI is InChI=1S/C28H35N3O6.BrH/c1-7-9-37-24-20(27(34)35)10-16(11-21(24)28(3,4)5)22(32)15-31-14-17-12-23(36-8-2)19(26(33)30-6)13-18(17)25(31)29;/h10-13,29H,7-9,14-15H2,1-6H3,(H,30,33)(H,34,35);1H. The second-order valence-electron chi connectivity index (χ2n) is 9.95. The van der Waals surface area contributed by atoms with E-state index in [2.05, 4.69) is 5.32 Å². The van der Waals surface area contributed by atoms with Gasteiger partial charge in [-0.2, -0.15) is 0 Å². The van der Waals surface area contributed by atoms with Crippen LogP contribution in [0.15, 0.2) is 24.3 Å². The van der Waals surface area contributed by atoms with Gasteiger partial charge in [0.25, 0.3) is 5.91 Å². The van der Waals surface area contributed by atoms with E-state index in [4.69, 9.17) is 14.9 Å². The van der Waals surface area contributed by atoms with Crippen molar-refractivity contribution in [1.29, 1.82) is 5.41 Å². The molecule has 0 unspecified atom stereocenters. The Hall–Kier alpha value is -3.40. The van der Waals surface area contributed by atoms with E-state index >= 15 is 0 Å². The van der Waals surface area contributed by atoms with E-state index in [1.54, 1.807) is 23.1 Å². The summed E-state index contributed by atoms with van der Waals surface area (Å²) in [5.74, 6) is -0.985. The lowest BCUT2D eigenvalue weighted by Crippen LogP contribution is -2.30. The van der Waals surface area contributed by atoms with E-state index in [1.165, 1.54) is 13.1 Å². The second-order valence-corrected chi connectivity index (χ2v) is 9.95. The molecule has 2 aromatic rings. The molecule has 2 aromatic carbocycles. The maximum atomic E-state index is 13.4. The molecule has 0 atom stereocenters. The highest BCUT2D eigenvalue weighted by molar-refractivity contribution is 8.93. The number of Topliss-reactive ketones (excluding diaryl/α,β-unsaturated/α-hetero) is 1. The summed E-state index contributed by atoms with van der Waals surface area (Å²) >= 11 is 0. The summed E-state index contributed by atoms with van der Waals surface area (Å²) in [7, 11) is 1.53. The van der Waals surface area contributed by atoms with E-state index in [0.717, 1.165) is 5.56 Å². The predicted molar refractivity (Wildman–Crippen MR) is 151 cm³/mol. The minimum Gasteiger partial charge on any atom is -0.493 e. The maximum Gasteiger partial charge on any atom is 0.339 e. The Morgan fingerprint density at radius 1 is 1.08 bits per heavy atom. The molecule has 1 amide bonds. The number of amides is 1. The van der Waals surface area contributed by atoms with Crippen LogP contribution in [-0.2, 0) is 12.0 Å². The third kappa shape index (κ3) is 6.35. The molecule has 1 aliphatic rings. The molecule has 0 spiro atoms. The number of hydrogen-bond acceptors (Lipinski definition) is 6. The molecule has 0 aliphatic carbocycles. The Kier molecular flexibility index (Phi) is 10.1. The Labute approximate surface area is 233 Å². The molecule has 1 heterocycles. The van der Waals surface area contributed by atoms with Crippen LogP contribution in [0.4, 0.5) is 0 Å². The highest BCUT2D eigenvalue weighted by Gasteiger charge is 2.31. The van der Waals surface area contributed by atoms with Crippen LogP contribution < -0.4 is 14.8 Å². The molecule has 0 bridgehead atoms. The van der Waals surface area contributed by atoms with Gasteiger partial charge in [-0.15, -0.1) is 17.0 Å².